The second-order valence-electron chi connectivity index (χ2n) is 12.9. The highest BCUT2D eigenvalue weighted by Gasteiger charge is 2.77. The molecule has 0 radical (unpaired) electrons. The molecule has 2 fully saturated rings. The SMILES string of the molecule is CCCCCCCCCCCC[C@]12COC(C)(C)O[C@@]1(C(=O)OC(C)(C)C)[C@H](OCc1ccccc1)[C@@H](OC=O)O2. The van der Waals surface area contributed by atoms with Crippen molar-refractivity contribution in [2.75, 3.05) is 6.61 Å². The Morgan fingerprint density at radius 3 is 2.17 bits per heavy atom. The van der Waals surface area contributed by atoms with Gasteiger partial charge in [-0.1, -0.05) is 101 Å². The van der Waals surface area contributed by atoms with Gasteiger partial charge in [-0.15, -0.1) is 0 Å². The van der Waals surface area contributed by atoms with E-state index in [0.717, 1.165) is 24.8 Å². The lowest BCUT2D eigenvalue weighted by atomic mass is 9.76. The molecule has 0 spiro atoms. The van der Waals surface area contributed by atoms with Gasteiger partial charge in [-0.3, -0.25) is 4.79 Å². The zero-order chi connectivity index (χ0) is 30.0. The first-order valence-corrected chi connectivity index (χ1v) is 15.5. The number of carbonyl (C=O) groups excluding carboxylic acids is 2. The van der Waals surface area contributed by atoms with Crippen LogP contribution in [-0.4, -0.2) is 54.0 Å². The molecule has 0 saturated carbocycles. The Morgan fingerprint density at radius 2 is 1.59 bits per heavy atom. The predicted octanol–water partition coefficient (Wildman–Crippen LogP) is 7.01. The number of fused-ring (bicyclic) bond motifs is 1. The van der Waals surface area contributed by atoms with E-state index in [2.05, 4.69) is 6.92 Å². The molecule has 0 aliphatic carbocycles. The highest BCUT2D eigenvalue weighted by molar-refractivity contribution is 5.84. The molecule has 0 bridgehead atoms. The van der Waals surface area contributed by atoms with Gasteiger partial charge in [-0.25, -0.2) is 4.79 Å². The summed E-state index contributed by atoms with van der Waals surface area (Å²) in [7, 11) is 0. The van der Waals surface area contributed by atoms with Crippen LogP contribution in [0.1, 0.15) is 118 Å². The van der Waals surface area contributed by atoms with E-state index < -0.39 is 41.0 Å². The smallest absolute Gasteiger partial charge is 0.345 e. The Labute approximate surface area is 246 Å². The van der Waals surface area contributed by atoms with Crippen LogP contribution in [0.15, 0.2) is 30.3 Å². The Bertz CT molecular complexity index is 942. The van der Waals surface area contributed by atoms with Gasteiger partial charge in [0.1, 0.15) is 11.2 Å². The standard InChI is InChI=1S/C33H52O8/c1-7-8-9-10-11-12-13-14-15-19-22-32-24-38-31(5,6)41-33(32,29(35)40-30(2,3)4)27(28(39-32)37-25-34)36-23-26-20-17-16-18-21-26/h16-18,20-21,25,27-28H,7-15,19,22-24H2,1-6H3/t27-,28+,32+,33-/m1/s1. The summed E-state index contributed by atoms with van der Waals surface area (Å²) >= 11 is 0. The lowest BCUT2D eigenvalue weighted by Gasteiger charge is -2.52. The van der Waals surface area contributed by atoms with Crippen molar-refractivity contribution >= 4 is 12.4 Å². The van der Waals surface area contributed by atoms with Crippen LogP contribution in [0.5, 0.6) is 0 Å². The molecule has 0 N–H and O–H groups in total. The number of hydrogen-bond donors (Lipinski definition) is 0. The van der Waals surface area contributed by atoms with E-state index in [4.69, 9.17) is 28.4 Å². The van der Waals surface area contributed by atoms with Crippen LogP contribution in [0.2, 0.25) is 0 Å². The zero-order valence-corrected chi connectivity index (χ0v) is 26.1. The lowest BCUT2D eigenvalue weighted by molar-refractivity contribution is -0.366. The van der Waals surface area contributed by atoms with Gasteiger partial charge in [0.15, 0.2) is 11.9 Å². The molecule has 4 atom stereocenters. The van der Waals surface area contributed by atoms with Crippen molar-refractivity contribution in [2.45, 2.75) is 154 Å². The molecule has 0 amide bonds. The molecule has 2 aliphatic rings. The largest absolute Gasteiger partial charge is 0.458 e. The molecule has 1 aromatic carbocycles. The third-order valence-electron chi connectivity index (χ3n) is 7.82. The van der Waals surface area contributed by atoms with Gasteiger partial charge in [-0.05, 0) is 46.6 Å². The van der Waals surface area contributed by atoms with E-state index >= 15 is 0 Å². The molecule has 2 heterocycles. The second-order valence-corrected chi connectivity index (χ2v) is 12.9. The molecule has 8 heteroatoms. The van der Waals surface area contributed by atoms with Gasteiger partial charge in [-0.2, -0.15) is 0 Å². The van der Waals surface area contributed by atoms with Crippen LogP contribution in [0.4, 0.5) is 0 Å². The fraction of sp³-hybridized carbons (Fsp3) is 0.758. The number of ether oxygens (including phenoxy) is 6. The monoisotopic (exact) mass is 576 g/mol. The summed E-state index contributed by atoms with van der Waals surface area (Å²) in [6.45, 7) is 11.7. The normalized spacial score (nSPS) is 27.3. The number of rotatable bonds is 17. The van der Waals surface area contributed by atoms with E-state index in [1.165, 1.54) is 44.9 Å². The molecule has 232 valence electrons. The van der Waals surface area contributed by atoms with Crippen LogP contribution in [0.3, 0.4) is 0 Å². The summed E-state index contributed by atoms with van der Waals surface area (Å²) < 4.78 is 37.0. The molecule has 8 nitrogen and oxygen atoms in total. The Morgan fingerprint density at radius 1 is 0.976 bits per heavy atom. The number of benzene rings is 1. The number of carbonyl (C=O) groups is 2. The van der Waals surface area contributed by atoms with E-state index in [0.29, 0.717) is 12.9 Å². The molecular formula is C33H52O8. The third-order valence-corrected chi connectivity index (χ3v) is 7.82. The maximum Gasteiger partial charge on any atom is 0.345 e. The van der Waals surface area contributed by atoms with Crippen molar-refractivity contribution in [3.05, 3.63) is 35.9 Å². The molecular weight excluding hydrogens is 524 g/mol. The minimum Gasteiger partial charge on any atom is -0.458 e. The van der Waals surface area contributed by atoms with Crippen LogP contribution in [0.25, 0.3) is 0 Å². The Balaban J connectivity index is 1.85. The number of esters is 1. The maximum atomic E-state index is 14.3. The first-order chi connectivity index (χ1) is 19.5. The average molecular weight is 577 g/mol. The van der Waals surface area contributed by atoms with E-state index in [9.17, 15) is 9.59 Å². The summed E-state index contributed by atoms with van der Waals surface area (Å²) in [5.41, 5.74) is -2.88. The summed E-state index contributed by atoms with van der Waals surface area (Å²) in [6, 6.07) is 9.60. The predicted molar refractivity (Wildman–Crippen MR) is 156 cm³/mol. The maximum absolute atomic E-state index is 14.3. The van der Waals surface area contributed by atoms with E-state index in [1.54, 1.807) is 13.8 Å². The van der Waals surface area contributed by atoms with Gasteiger partial charge in [0.05, 0.1) is 13.2 Å². The lowest BCUT2D eigenvalue weighted by Crippen LogP contribution is -2.72. The summed E-state index contributed by atoms with van der Waals surface area (Å²) in [5, 5.41) is 0. The van der Waals surface area contributed by atoms with Crippen LogP contribution < -0.4 is 0 Å². The third kappa shape index (κ3) is 8.76. The summed E-state index contributed by atoms with van der Waals surface area (Å²) in [5.74, 6) is -1.74. The fourth-order valence-corrected chi connectivity index (χ4v) is 5.85. The van der Waals surface area contributed by atoms with Crippen LogP contribution in [0, 0.1) is 0 Å². The van der Waals surface area contributed by atoms with Gasteiger partial charge >= 0.3 is 5.97 Å². The van der Waals surface area contributed by atoms with Crippen LogP contribution in [-0.2, 0) is 44.6 Å². The topological polar surface area (TPSA) is 89.5 Å². The fourth-order valence-electron chi connectivity index (χ4n) is 5.85. The molecule has 3 rings (SSSR count). The van der Waals surface area contributed by atoms with Crippen molar-refractivity contribution in [1.82, 2.24) is 0 Å². The van der Waals surface area contributed by atoms with Crippen molar-refractivity contribution in [3.8, 4) is 0 Å². The van der Waals surface area contributed by atoms with E-state index in [-0.39, 0.29) is 13.2 Å². The summed E-state index contributed by atoms with van der Waals surface area (Å²) in [4.78, 5) is 25.9. The molecule has 41 heavy (non-hydrogen) atoms. The van der Waals surface area contributed by atoms with E-state index in [1.807, 2.05) is 51.1 Å². The average Bonchev–Trinajstić information content (AvgIpc) is 3.17. The first-order valence-electron chi connectivity index (χ1n) is 15.5. The Kier molecular flexibility index (Phi) is 12.2. The first kappa shape index (κ1) is 33.5. The minimum atomic E-state index is -1.72. The minimum absolute atomic E-state index is 0.0700. The quantitative estimate of drug-likeness (QED) is 0.111. The van der Waals surface area contributed by atoms with Gasteiger partial charge in [0.25, 0.3) is 6.47 Å². The highest BCUT2D eigenvalue weighted by atomic mass is 16.8. The van der Waals surface area contributed by atoms with Crippen LogP contribution >= 0.6 is 0 Å². The Hall–Kier alpha value is -2.00. The van der Waals surface area contributed by atoms with Gasteiger partial charge in [0, 0.05) is 0 Å². The van der Waals surface area contributed by atoms with Crippen molar-refractivity contribution in [3.63, 3.8) is 0 Å². The zero-order valence-electron chi connectivity index (χ0n) is 26.1. The number of unbranched alkanes of at least 4 members (excludes halogenated alkanes) is 9. The van der Waals surface area contributed by atoms with Crippen molar-refractivity contribution < 1.29 is 38.0 Å². The molecule has 1 aromatic rings. The summed E-state index contributed by atoms with van der Waals surface area (Å²) in [6.07, 6.45) is 9.94. The van der Waals surface area contributed by atoms with Crippen molar-refractivity contribution in [2.24, 2.45) is 0 Å². The van der Waals surface area contributed by atoms with Gasteiger partial charge < -0.3 is 28.4 Å². The molecule has 2 saturated heterocycles. The highest BCUT2D eigenvalue weighted by Crippen LogP contribution is 2.53. The van der Waals surface area contributed by atoms with Gasteiger partial charge in [0.2, 0.25) is 11.9 Å². The number of hydrogen-bond acceptors (Lipinski definition) is 8. The molecule has 0 aromatic heterocycles. The molecule has 2 aliphatic heterocycles. The van der Waals surface area contributed by atoms with Crippen molar-refractivity contribution in [1.29, 1.82) is 0 Å². The second kappa shape index (κ2) is 14.9. The molecule has 0 unspecified atom stereocenters.